The summed E-state index contributed by atoms with van der Waals surface area (Å²) >= 11 is 0. The number of aliphatic imine (C=N–C) groups is 1. The van der Waals surface area contributed by atoms with Gasteiger partial charge in [-0.3, -0.25) is 4.79 Å². The first kappa shape index (κ1) is 22.1. The second-order valence-corrected chi connectivity index (χ2v) is 8.69. The Labute approximate surface area is 192 Å². The van der Waals surface area contributed by atoms with Crippen LogP contribution in [-0.4, -0.2) is 25.7 Å². The molecule has 1 aliphatic carbocycles. The number of carbonyl (C=O) groups excluding carboxylic acids is 1. The van der Waals surface area contributed by atoms with Crippen molar-refractivity contribution in [1.82, 2.24) is 0 Å². The lowest BCUT2D eigenvalue weighted by molar-refractivity contribution is 0.100. The van der Waals surface area contributed by atoms with Gasteiger partial charge in [0.25, 0.3) is 15.9 Å². The lowest BCUT2D eigenvalue weighted by atomic mass is 10.1. The summed E-state index contributed by atoms with van der Waals surface area (Å²) in [5.41, 5.74) is 1.81. The number of allylic oxidation sites excluding steroid dienone is 3. The molecule has 0 saturated heterocycles. The average molecular weight is 457 g/mol. The van der Waals surface area contributed by atoms with Crippen LogP contribution in [0.4, 0.5) is 0 Å². The van der Waals surface area contributed by atoms with Crippen LogP contribution < -0.4 is 0 Å². The number of carbonyl (C=O) groups is 1. The summed E-state index contributed by atoms with van der Waals surface area (Å²) in [5, 5.41) is 0. The van der Waals surface area contributed by atoms with Crippen molar-refractivity contribution in [1.29, 1.82) is 0 Å². The molecular formula is C26H20N2O4S. The van der Waals surface area contributed by atoms with Crippen LogP contribution in [-0.2, 0) is 21.4 Å². The summed E-state index contributed by atoms with van der Waals surface area (Å²) in [4.78, 5) is 16.9. The van der Waals surface area contributed by atoms with Gasteiger partial charge >= 0.3 is 0 Å². The molecule has 0 saturated carbocycles. The quantitative estimate of drug-likeness (QED) is 0.500. The summed E-state index contributed by atoms with van der Waals surface area (Å²) in [6.07, 6.45) is 4.49. The highest BCUT2D eigenvalue weighted by atomic mass is 32.2. The molecule has 0 unspecified atom stereocenters. The predicted molar refractivity (Wildman–Crippen MR) is 128 cm³/mol. The molecule has 0 fully saturated rings. The van der Waals surface area contributed by atoms with Crippen LogP contribution in [0.25, 0.3) is 0 Å². The Morgan fingerprint density at radius 2 is 1.39 bits per heavy atom. The zero-order valence-corrected chi connectivity index (χ0v) is 18.4. The van der Waals surface area contributed by atoms with E-state index in [1.165, 1.54) is 30.4 Å². The third kappa shape index (κ3) is 5.78. The van der Waals surface area contributed by atoms with Crippen molar-refractivity contribution in [2.75, 3.05) is 0 Å². The maximum Gasteiger partial charge on any atom is 0.282 e. The number of hydrogen-bond donors (Lipinski definition) is 0. The van der Waals surface area contributed by atoms with Crippen molar-refractivity contribution in [2.45, 2.75) is 11.5 Å². The second-order valence-electron chi connectivity index (χ2n) is 7.09. The van der Waals surface area contributed by atoms with E-state index >= 15 is 0 Å². The topological polar surface area (TPSA) is 85.2 Å². The summed E-state index contributed by atoms with van der Waals surface area (Å²) < 4.78 is 35.2. The third-order valence-electron chi connectivity index (χ3n) is 4.69. The van der Waals surface area contributed by atoms with Gasteiger partial charge in [0.05, 0.1) is 10.6 Å². The number of benzene rings is 3. The zero-order chi connectivity index (χ0) is 23.1. The molecule has 0 bridgehead atoms. The largest absolute Gasteiger partial charge is 0.487 e. The van der Waals surface area contributed by atoms with Gasteiger partial charge in [-0.1, -0.05) is 66.7 Å². The summed E-state index contributed by atoms with van der Waals surface area (Å²) in [5.74, 6) is -0.172. The molecule has 7 heteroatoms. The van der Waals surface area contributed by atoms with Crippen LogP contribution in [0.2, 0.25) is 0 Å². The average Bonchev–Trinajstić information content (AvgIpc) is 2.85. The molecule has 0 aliphatic heterocycles. The Bertz CT molecular complexity index is 1360. The SMILES string of the molecule is O=C(N=C1C=C/C(=N\S(=O)(=O)c2ccccc2)C=C1OCc1ccccc1)c1ccccc1. The van der Waals surface area contributed by atoms with Crippen molar-refractivity contribution >= 4 is 27.4 Å². The smallest absolute Gasteiger partial charge is 0.282 e. The molecule has 0 aromatic heterocycles. The highest BCUT2D eigenvalue weighted by molar-refractivity contribution is 7.90. The molecule has 1 amide bonds. The van der Waals surface area contributed by atoms with Gasteiger partial charge in [-0.05, 0) is 42.0 Å². The van der Waals surface area contributed by atoms with Crippen LogP contribution in [0.15, 0.2) is 129 Å². The van der Waals surface area contributed by atoms with Crippen LogP contribution in [0.3, 0.4) is 0 Å². The fourth-order valence-corrected chi connectivity index (χ4v) is 4.04. The number of nitrogens with zero attached hydrogens (tertiary/aromatic N) is 2. The Morgan fingerprint density at radius 3 is 2.06 bits per heavy atom. The predicted octanol–water partition coefficient (Wildman–Crippen LogP) is 4.77. The van der Waals surface area contributed by atoms with Crippen LogP contribution in [0.5, 0.6) is 0 Å². The van der Waals surface area contributed by atoms with Gasteiger partial charge in [0.15, 0.2) is 0 Å². The van der Waals surface area contributed by atoms with Gasteiger partial charge in [0.1, 0.15) is 18.1 Å². The minimum absolute atomic E-state index is 0.0878. The Hall–Kier alpha value is -4.10. The maximum atomic E-state index is 12.7. The molecule has 0 spiro atoms. The number of hydrogen-bond acceptors (Lipinski definition) is 4. The molecule has 4 rings (SSSR count). The normalized spacial score (nSPS) is 15.9. The minimum atomic E-state index is -3.90. The van der Waals surface area contributed by atoms with Crippen LogP contribution in [0.1, 0.15) is 15.9 Å². The first-order valence-corrected chi connectivity index (χ1v) is 11.6. The molecule has 6 nitrogen and oxygen atoms in total. The molecule has 0 heterocycles. The third-order valence-corrected chi connectivity index (χ3v) is 6.01. The number of ether oxygens (including phenoxy) is 1. The Morgan fingerprint density at radius 1 is 0.788 bits per heavy atom. The van der Waals surface area contributed by atoms with E-state index in [-0.39, 0.29) is 28.7 Å². The van der Waals surface area contributed by atoms with E-state index in [1.807, 2.05) is 36.4 Å². The van der Waals surface area contributed by atoms with Crippen molar-refractivity contribution in [2.24, 2.45) is 9.39 Å². The van der Waals surface area contributed by atoms with E-state index in [9.17, 15) is 13.2 Å². The van der Waals surface area contributed by atoms with Gasteiger partial charge < -0.3 is 4.74 Å². The number of amides is 1. The second kappa shape index (κ2) is 10.0. The van der Waals surface area contributed by atoms with Gasteiger partial charge in [-0.15, -0.1) is 0 Å². The Kier molecular flexibility index (Phi) is 6.71. The number of sulfonamides is 1. The highest BCUT2D eigenvalue weighted by Crippen LogP contribution is 2.17. The van der Waals surface area contributed by atoms with Crippen LogP contribution >= 0.6 is 0 Å². The molecule has 1 aliphatic rings. The summed E-state index contributed by atoms with van der Waals surface area (Å²) in [6.45, 7) is 0.220. The monoisotopic (exact) mass is 456 g/mol. The van der Waals surface area contributed by atoms with Gasteiger partial charge in [-0.2, -0.15) is 12.8 Å². The van der Waals surface area contributed by atoms with Crippen molar-refractivity contribution in [3.63, 3.8) is 0 Å². The summed E-state index contributed by atoms with van der Waals surface area (Å²) in [7, 11) is -3.90. The molecule has 0 radical (unpaired) electrons. The van der Waals surface area contributed by atoms with E-state index in [2.05, 4.69) is 9.39 Å². The van der Waals surface area contributed by atoms with Gasteiger partial charge in [0.2, 0.25) is 0 Å². The molecule has 164 valence electrons. The summed E-state index contributed by atoms with van der Waals surface area (Å²) in [6, 6.07) is 26.1. The fraction of sp³-hybridized carbons (Fsp3) is 0.0385. The van der Waals surface area contributed by atoms with E-state index in [0.29, 0.717) is 5.56 Å². The van der Waals surface area contributed by atoms with Crippen molar-refractivity contribution in [3.8, 4) is 0 Å². The van der Waals surface area contributed by atoms with Crippen molar-refractivity contribution in [3.05, 3.63) is 126 Å². The first-order chi connectivity index (χ1) is 16.0. The molecule has 0 N–H and O–H groups in total. The molecular weight excluding hydrogens is 436 g/mol. The fourth-order valence-electron chi connectivity index (χ4n) is 3.04. The highest BCUT2D eigenvalue weighted by Gasteiger charge is 2.18. The first-order valence-electron chi connectivity index (χ1n) is 10.2. The Balaban J connectivity index is 1.66. The van der Waals surface area contributed by atoms with E-state index in [0.717, 1.165) is 5.56 Å². The van der Waals surface area contributed by atoms with Gasteiger partial charge in [0, 0.05) is 11.6 Å². The van der Waals surface area contributed by atoms with E-state index in [4.69, 9.17) is 4.74 Å². The molecule has 3 aromatic carbocycles. The van der Waals surface area contributed by atoms with E-state index in [1.54, 1.807) is 42.5 Å². The van der Waals surface area contributed by atoms with Crippen LogP contribution in [0, 0.1) is 0 Å². The van der Waals surface area contributed by atoms with E-state index < -0.39 is 15.9 Å². The standard InChI is InChI=1S/C26H20N2O4S/c29-26(21-12-6-2-7-13-21)27-24-17-16-22(28-33(30,31)23-14-8-3-9-15-23)18-25(24)32-19-20-10-4-1-5-11-20/h1-18H,19H2/b27-24?,28-22+. The van der Waals surface area contributed by atoms with Crippen molar-refractivity contribution < 1.29 is 17.9 Å². The maximum absolute atomic E-state index is 12.7. The molecule has 3 aromatic rings. The number of rotatable bonds is 6. The minimum Gasteiger partial charge on any atom is -0.487 e. The molecule has 33 heavy (non-hydrogen) atoms. The lowest BCUT2D eigenvalue weighted by Gasteiger charge is -2.14. The molecule has 0 atom stereocenters. The lowest BCUT2D eigenvalue weighted by Crippen LogP contribution is -2.14. The van der Waals surface area contributed by atoms with Gasteiger partial charge in [-0.25, -0.2) is 4.99 Å². The zero-order valence-electron chi connectivity index (χ0n) is 17.5.